The van der Waals surface area contributed by atoms with Crippen molar-refractivity contribution in [1.29, 1.82) is 0 Å². The highest BCUT2D eigenvalue weighted by molar-refractivity contribution is 5.96. The van der Waals surface area contributed by atoms with Gasteiger partial charge in [0.15, 0.2) is 0 Å². The Morgan fingerprint density at radius 1 is 1.10 bits per heavy atom. The highest BCUT2D eigenvalue weighted by Gasteiger charge is 2.21. The van der Waals surface area contributed by atoms with E-state index in [-0.39, 0.29) is 11.9 Å². The molecular weight excluding hydrogens is 378 g/mol. The van der Waals surface area contributed by atoms with Crippen LogP contribution >= 0.6 is 0 Å². The van der Waals surface area contributed by atoms with Crippen LogP contribution in [-0.2, 0) is 11.3 Å². The van der Waals surface area contributed by atoms with Gasteiger partial charge in [0.25, 0.3) is 0 Å². The summed E-state index contributed by atoms with van der Waals surface area (Å²) < 4.78 is 1.93. The molecule has 0 bridgehead atoms. The summed E-state index contributed by atoms with van der Waals surface area (Å²) >= 11 is 0. The summed E-state index contributed by atoms with van der Waals surface area (Å²) in [7, 11) is 1.92. The zero-order chi connectivity index (χ0) is 21.8. The first-order valence-electron chi connectivity index (χ1n) is 9.79. The van der Waals surface area contributed by atoms with Gasteiger partial charge in [-0.05, 0) is 64.2 Å². The van der Waals surface area contributed by atoms with Crippen molar-refractivity contribution in [3.05, 3.63) is 77.1 Å². The molecule has 2 amide bonds. The summed E-state index contributed by atoms with van der Waals surface area (Å²) in [5.41, 5.74) is 10.4. The molecule has 3 N–H and O–H groups in total. The number of anilines is 1. The van der Waals surface area contributed by atoms with Crippen molar-refractivity contribution in [1.82, 2.24) is 14.7 Å². The Morgan fingerprint density at radius 3 is 2.33 bits per heavy atom. The van der Waals surface area contributed by atoms with Crippen LogP contribution in [0.25, 0.3) is 5.69 Å². The molecule has 1 heterocycles. The molecular formula is C23H27N5O2. The van der Waals surface area contributed by atoms with E-state index in [0.717, 1.165) is 22.6 Å². The molecule has 3 aromatic rings. The molecule has 7 nitrogen and oxygen atoms in total. The fourth-order valence-electron chi connectivity index (χ4n) is 3.28. The molecule has 0 fully saturated rings. The average molecular weight is 406 g/mol. The molecule has 156 valence electrons. The van der Waals surface area contributed by atoms with E-state index in [0.29, 0.717) is 17.8 Å². The number of nitrogens with one attached hydrogen (secondary N) is 1. The number of primary amides is 1. The molecule has 1 aromatic heterocycles. The van der Waals surface area contributed by atoms with Crippen LogP contribution in [0.3, 0.4) is 0 Å². The van der Waals surface area contributed by atoms with Crippen LogP contribution in [0.4, 0.5) is 5.69 Å². The minimum absolute atomic E-state index is 0.130. The Labute approximate surface area is 176 Å². The number of aryl methyl sites for hydroxylation is 1. The van der Waals surface area contributed by atoms with Crippen molar-refractivity contribution >= 4 is 17.5 Å². The van der Waals surface area contributed by atoms with Gasteiger partial charge in [-0.2, -0.15) is 5.10 Å². The van der Waals surface area contributed by atoms with Crippen LogP contribution in [0.2, 0.25) is 0 Å². The quantitative estimate of drug-likeness (QED) is 0.632. The van der Waals surface area contributed by atoms with Crippen molar-refractivity contribution in [3.63, 3.8) is 0 Å². The molecule has 2 aromatic carbocycles. The molecule has 0 unspecified atom stereocenters. The van der Waals surface area contributed by atoms with Gasteiger partial charge in [0.1, 0.15) is 0 Å². The maximum Gasteiger partial charge on any atom is 0.248 e. The number of carbonyl (C=O) groups excluding carboxylic acids is 2. The topological polar surface area (TPSA) is 93.2 Å². The van der Waals surface area contributed by atoms with Crippen LogP contribution in [0.1, 0.15) is 34.2 Å². The van der Waals surface area contributed by atoms with Crippen molar-refractivity contribution in [2.24, 2.45) is 5.73 Å². The number of para-hydroxylation sites is 1. The Morgan fingerprint density at radius 2 is 1.73 bits per heavy atom. The Balaban J connectivity index is 1.69. The van der Waals surface area contributed by atoms with Crippen molar-refractivity contribution in [2.75, 3.05) is 12.4 Å². The molecule has 0 saturated carbocycles. The maximum absolute atomic E-state index is 12.7. The lowest BCUT2D eigenvalue weighted by Crippen LogP contribution is -2.39. The van der Waals surface area contributed by atoms with Gasteiger partial charge in [0.2, 0.25) is 11.8 Å². The summed E-state index contributed by atoms with van der Waals surface area (Å²) in [4.78, 5) is 25.9. The molecule has 0 radical (unpaired) electrons. The minimum Gasteiger partial charge on any atom is -0.366 e. The van der Waals surface area contributed by atoms with E-state index in [4.69, 9.17) is 5.73 Å². The molecule has 0 saturated heterocycles. The van der Waals surface area contributed by atoms with Gasteiger partial charge in [-0.25, -0.2) is 4.68 Å². The SMILES string of the molecule is Cc1nn(-c2ccccc2)c(C)c1CN(C)[C@H](C)C(=O)Nc1ccc(C(N)=O)cc1. The summed E-state index contributed by atoms with van der Waals surface area (Å²) in [6.45, 7) is 6.49. The normalized spacial score (nSPS) is 12.0. The molecule has 3 rings (SSSR count). The second-order valence-corrected chi connectivity index (χ2v) is 7.42. The molecule has 1 atom stereocenters. The third kappa shape index (κ3) is 4.58. The van der Waals surface area contributed by atoms with Crippen LogP contribution in [0.5, 0.6) is 0 Å². The molecule has 30 heavy (non-hydrogen) atoms. The van der Waals surface area contributed by atoms with Gasteiger partial charge in [0.05, 0.1) is 17.4 Å². The number of likely N-dealkylation sites (N-methyl/N-ethyl adjacent to an activating group) is 1. The van der Waals surface area contributed by atoms with Crippen molar-refractivity contribution in [2.45, 2.75) is 33.4 Å². The van der Waals surface area contributed by atoms with Gasteiger partial charge in [-0.15, -0.1) is 0 Å². The van der Waals surface area contributed by atoms with Crippen molar-refractivity contribution in [3.8, 4) is 5.69 Å². The highest BCUT2D eigenvalue weighted by atomic mass is 16.2. The fourth-order valence-corrected chi connectivity index (χ4v) is 3.28. The van der Waals surface area contributed by atoms with Crippen LogP contribution in [-0.4, -0.2) is 39.6 Å². The van der Waals surface area contributed by atoms with E-state index in [1.165, 1.54) is 0 Å². The predicted molar refractivity (Wildman–Crippen MR) is 118 cm³/mol. The van der Waals surface area contributed by atoms with E-state index in [1.807, 2.05) is 67.7 Å². The van der Waals surface area contributed by atoms with Gasteiger partial charge in [0, 0.05) is 29.1 Å². The van der Waals surface area contributed by atoms with E-state index in [2.05, 4.69) is 10.4 Å². The van der Waals surface area contributed by atoms with Gasteiger partial charge < -0.3 is 11.1 Å². The Bertz CT molecular complexity index is 1040. The third-order valence-electron chi connectivity index (χ3n) is 5.33. The molecule has 7 heteroatoms. The lowest BCUT2D eigenvalue weighted by Gasteiger charge is -2.24. The van der Waals surface area contributed by atoms with Gasteiger partial charge >= 0.3 is 0 Å². The smallest absolute Gasteiger partial charge is 0.248 e. The zero-order valence-electron chi connectivity index (χ0n) is 17.7. The maximum atomic E-state index is 12.7. The van der Waals surface area contributed by atoms with E-state index < -0.39 is 5.91 Å². The average Bonchev–Trinajstić information content (AvgIpc) is 3.02. The van der Waals surface area contributed by atoms with Crippen LogP contribution < -0.4 is 11.1 Å². The molecule has 0 aliphatic carbocycles. The monoisotopic (exact) mass is 405 g/mol. The first-order valence-corrected chi connectivity index (χ1v) is 9.79. The molecule has 0 aliphatic rings. The number of nitrogens with two attached hydrogens (primary N) is 1. The van der Waals surface area contributed by atoms with Crippen LogP contribution in [0.15, 0.2) is 54.6 Å². The number of hydrogen-bond acceptors (Lipinski definition) is 4. The summed E-state index contributed by atoms with van der Waals surface area (Å²) in [6.07, 6.45) is 0. The van der Waals surface area contributed by atoms with Crippen molar-refractivity contribution < 1.29 is 9.59 Å². The molecule has 0 aliphatic heterocycles. The van der Waals surface area contributed by atoms with Gasteiger partial charge in [-0.1, -0.05) is 18.2 Å². The highest BCUT2D eigenvalue weighted by Crippen LogP contribution is 2.20. The second kappa shape index (κ2) is 8.92. The number of nitrogens with zero attached hydrogens (tertiary/aromatic N) is 3. The van der Waals surface area contributed by atoms with E-state index in [9.17, 15) is 9.59 Å². The first-order chi connectivity index (χ1) is 14.3. The largest absolute Gasteiger partial charge is 0.366 e. The number of aromatic nitrogens is 2. The van der Waals surface area contributed by atoms with Gasteiger partial charge in [-0.3, -0.25) is 14.5 Å². The van der Waals surface area contributed by atoms with E-state index in [1.54, 1.807) is 24.3 Å². The lowest BCUT2D eigenvalue weighted by molar-refractivity contribution is -0.120. The van der Waals surface area contributed by atoms with E-state index >= 15 is 0 Å². The third-order valence-corrected chi connectivity index (χ3v) is 5.33. The number of benzene rings is 2. The second-order valence-electron chi connectivity index (χ2n) is 7.42. The fraction of sp³-hybridized carbons (Fsp3) is 0.261. The van der Waals surface area contributed by atoms with Crippen LogP contribution in [0, 0.1) is 13.8 Å². The molecule has 0 spiro atoms. The summed E-state index contributed by atoms with van der Waals surface area (Å²) in [5.74, 6) is -0.627. The lowest BCUT2D eigenvalue weighted by atomic mass is 10.1. The Hall–Kier alpha value is -3.45. The number of carbonyl (C=O) groups is 2. The first kappa shape index (κ1) is 21.3. The standard InChI is InChI=1S/C23H27N5O2/c1-15-21(16(2)28(26-15)20-8-6-5-7-9-20)14-27(4)17(3)23(30)25-19-12-10-18(11-13-19)22(24)29/h5-13,17H,14H2,1-4H3,(H2,24,29)(H,25,30)/t17-/m1/s1. The minimum atomic E-state index is -0.497. The number of rotatable bonds is 7. The zero-order valence-corrected chi connectivity index (χ0v) is 17.7. The summed E-state index contributed by atoms with van der Waals surface area (Å²) in [6, 6.07) is 16.2. The number of amides is 2. The predicted octanol–water partition coefficient (Wildman–Crippen LogP) is 3.05. The number of hydrogen-bond donors (Lipinski definition) is 2. The summed E-state index contributed by atoms with van der Waals surface area (Å²) in [5, 5.41) is 7.56. The Kier molecular flexibility index (Phi) is 6.32.